The van der Waals surface area contributed by atoms with Crippen LogP contribution in [0.5, 0.6) is 0 Å². The summed E-state index contributed by atoms with van der Waals surface area (Å²) in [7, 11) is 0. The molecule has 3 nitrogen and oxygen atoms in total. The minimum Gasteiger partial charge on any atom is -0.336 e. The molecule has 3 rings (SSSR count). The van der Waals surface area contributed by atoms with E-state index in [0.717, 1.165) is 23.7 Å². The number of hydrogen-bond acceptors (Lipinski definition) is 6. The summed E-state index contributed by atoms with van der Waals surface area (Å²) in [5, 5.41) is 9.12. The Bertz CT molecular complexity index is 724. The van der Waals surface area contributed by atoms with E-state index in [2.05, 4.69) is 27.3 Å². The Morgan fingerprint density at radius 1 is 1.29 bits per heavy atom. The van der Waals surface area contributed by atoms with Gasteiger partial charge in [-0.3, -0.25) is 0 Å². The highest BCUT2D eigenvalue weighted by atomic mass is 32.2. The summed E-state index contributed by atoms with van der Waals surface area (Å²) in [6.45, 7) is 1.96. The zero-order chi connectivity index (χ0) is 11.8. The third-order valence-electron chi connectivity index (χ3n) is 2.12. The summed E-state index contributed by atoms with van der Waals surface area (Å²) in [5.74, 6) is 0. The predicted octanol–water partition coefficient (Wildman–Crippen LogP) is 4.27. The van der Waals surface area contributed by atoms with Gasteiger partial charge in [0.1, 0.15) is 5.01 Å². The number of H-pyrrole nitrogens is 1. The topological polar surface area (TPSA) is 41.6 Å². The van der Waals surface area contributed by atoms with Gasteiger partial charge in [-0.05, 0) is 31.3 Å². The van der Waals surface area contributed by atoms with Crippen molar-refractivity contribution in [1.82, 2.24) is 15.2 Å². The predicted molar refractivity (Wildman–Crippen MR) is 75.8 cm³/mol. The second kappa shape index (κ2) is 4.49. The lowest BCUT2D eigenvalue weighted by Crippen LogP contribution is -1.76. The second-order valence-corrected chi connectivity index (χ2v) is 7.52. The largest absolute Gasteiger partial charge is 0.336 e. The Hall–Kier alpha value is -0.760. The first-order valence-corrected chi connectivity index (χ1v) is 7.68. The van der Waals surface area contributed by atoms with Crippen LogP contribution in [0.4, 0.5) is 0 Å². The third-order valence-corrected chi connectivity index (χ3v) is 5.27. The van der Waals surface area contributed by atoms with Crippen LogP contribution in [-0.2, 0) is 0 Å². The van der Waals surface area contributed by atoms with Gasteiger partial charge < -0.3 is 4.98 Å². The summed E-state index contributed by atoms with van der Waals surface area (Å²) in [4.78, 5) is 4.37. The number of aromatic nitrogens is 3. The zero-order valence-electron chi connectivity index (χ0n) is 8.76. The first kappa shape index (κ1) is 11.3. The van der Waals surface area contributed by atoms with Crippen molar-refractivity contribution in [2.24, 2.45) is 0 Å². The molecule has 2 aromatic heterocycles. The van der Waals surface area contributed by atoms with Crippen molar-refractivity contribution in [2.45, 2.75) is 16.2 Å². The van der Waals surface area contributed by atoms with Crippen molar-refractivity contribution >= 4 is 56.9 Å². The van der Waals surface area contributed by atoms with E-state index in [-0.39, 0.29) is 0 Å². The molecule has 3 aromatic rings. The molecular weight excluding hydrogens is 290 g/mol. The van der Waals surface area contributed by atoms with Crippen LogP contribution in [0.2, 0.25) is 0 Å². The number of para-hydroxylation sites is 1. The molecule has 0 spiro atoms. The van der Waals surface area contributed by atoms with Crippen molar-refractivity contribution in [3.8, 4) is 0 Å². The van der Waals surface area contributed by atoms with Gasteiger partial charge in [0.25, 0.3) is 0 Å². The molecule has 2 heterocycles. The number of aryl methyl sites for hydroxylation is 1. The number of fused-ring (bicyclic) bond motifs is 1. The lowest BCUT2D eigenvalue weighted by Gasteiger charge is -1.98. The minimum absolute atomic E-state index is 0.807. The highest BCUT2D eigenvalue weighted by molar-refractivity contribution is 8.01. The average molecular weight is 297 g/mol. The molecule has 0 aliphatic heterocycles. The van der Waals surface area contributed by atoms with Gasteiger partial charge >= 0.3 is 0 Å². The highest BCUT2D eigenvalue weighted by Crippen LogP contribution is 2.35. The quantitative estimate of drug-likeness (QED) is 0.717. The fourth-order valence-electron chi connectivity index (χ4n) is 1.45. The second-order valence-electron chi connectivity index (χ2n) is 3.33. The van der Waals surface area contributed by atoms with Gasteiger partial charge in [-0.1, -0.05) is 29.2 Å². The molecule has 0 aliphatic rings. The van der Waals surface area contributed by atoms with E-state index in [0.29, 0.717) is 0 Å². The van der Waals surface area contributed by atoms with Crippen LogP contribution in [0, 0.1) is 10.9 Å². The fraction of sp³-hybridized carbons (Fsp3) is 0.100. The molecule has 0 radical (unpaired) electrons. The normalized spacial score (nSPS) is 11.1. The molecule has 17 heavy (non-hydrogen) atoms. The molecule has 0 bridgehead atoms. The van der Waals surface area contributed by atoms with Gasteiger partial charge in [0.15, 0.2) is 8.29 Å². The first-order valence-electron chi connectivity index (χ1n) is 4.82. The monoisotopic (exact) mass is 297 g/mol. The summed E-state index contributed by atoms with van der Waals surface area (Å²) < 4.78 is 2.95. The first-order chi connectivity index (χ1) is 8.22. The lowest BCUT2D eigenvalue weighted by molar-refractivity contribution is 0.984. The number of hydrogen-bond donors (Lipinski definition) is 1. The SMILES string of the molecule is Cc1nnc(Sc2cccc3sc(=S)[nH]c23)s1. The molecule has 0 saturated heterocycles. The number of aromatic amines is 1. The van der Waals surface area contributed by atoms with Crippen molar-refractivity contribution in [1.29, 1.82) is 0 Å². The van der Waals surface area contributed by atoms with Gasteiger partial charge in [0.05, 0.1) is 10.2 Å². The van der Waals surface area contributed by atoms with Gasteiger partial charge in [-0.25, -0.2) is 0 Å². The third kappa shape index (κ3) is 2.28. The summed E-state index contributed by atoms with van der Waals surface area (Å²) in [6, 6.07) is 6.18. The van der Waals surface area contributed by atoms with Crippen molar-refractivity contribution in [3.05, 3.63) is 27.2 Å². The minimum atomic E-state index is 0.807. The molecule has 0 atom stereocenters. The maximum absolute atomic E-state index is 5.17. The number of nitrogens with one attached hydrogen (secondary N) is 1. The van der Waals surface area contributed by atoms with Crippen LogP contribution in [0.25, 0.3) is 10.2 Å². The molecule has 1 aromatic carbocycles. The van der Waals surface area contributed by atoms with Crippen molar-refractivity contribution < 1.29 is 0 Å². The number of rotatable bonds is 2. The van der Waals surface area contributed by atoms with Gasteiger partial charge in [0.2, 0.25) is 0 Å². The number of benzene rings is 1. The highest BCUT2D eigenvalue weighted by Gasteiger charge is 2.08. The maximum atomic E-state index is 5.17. The van der Waals surface area contributed by atoms with E-state index in [1.54, 1.807) is 34.4 Å². The van der Waals surface area contributed by atoms with Crippen LogP contribution in [0.3, 0.4) is 0 Å². The van der Waals surface area contributed by atoms with E-state index in [1.807, 2.05) is 13.0 Å². The zero-order valence-corrected chi connectivity index (χ0v) is 12.0. The van der Waals surface area contributed by atoms with Crippen LogP contribution in [-0.4, -0.2) is 15.2 Å². The maximum Gasteiger partial charge on any atom is 0.179 e. The lowest BCUT2D eigenvalue weighted by atomic mass is 10.3. The van der Waals surface area contributed by atoms with Crippen molar-refractivity contribution in [2.75, 3.05) is 0 Å². The average Bonchev–Trinajstić information content (AvgIpc) is 2.84. The Morgan fingerprint density at radius 3 is 2.94 bits per heavy atom. The number of thiazole rings is 1. The van der Waals surface area contributed by atoms with Gasteiger partial charge in [0, 0.05) is 4.90 Å². The van der Waals surface area contributed by atoms with E-state index in [1.165, 1.54) is 4.70 Å². The molecule has 0 amide bonds. The molecule has 1 N–H and O–H groups in total. The molecule has 0 unspecified atom stereocenters. The van der Waals surface area contributed by atoms with Gasteiger partial charge in [-0.2, -0.15) is 0 Å². The van der Waals surface area contributed by atoms with Crippen LogP contribution < -0.4 is 0 Å². The molecular formula is C10H7N3S4. The van der Waals surface area contributed by atoms with Crippen LogP contribution in [0.15, 0.2) is 27.4 Å². The fourth-order valence-corrected chi connectivity index (χ4v) is 4.54. The van der Waals surface area contributed by atoms with Crippen LogP contribution >= 0.6 is 46.7 Å². The molecule has 7 heteroatoms. The summed E-state index contributed by atoms with van der Waals surface area (Å²) in [5.41, 5.74) is 1.10. The molecule has 0 saturated carbocycles. The molecule has 0 aliphatic carbocycles. The van der Waals surface area contributed by atoms with E-state index in [9.17, 15) is 0 Å². The molecule has 0 fully saturated rings. The Balaban J connectivity index is 2.08. The smallest absolute Gasteiger partial charge is 0.179 e. The van der Waals surface area contributed by atoms with Crippen LogP contribution in [0.1, 0.15) is 5.01 Å². The molecule has 86 valence electrons. The van der Waals surface area contributed by atoms with Gasteiger partial charge in [-0.15, -0.1) is 21.5 Å². The Labute approximate surface area is 115 Å². The summed E-state index contributed by atoms with van der Waals surface area (Å²) >= 11 is 9.99. The van der Waals surface area contributed by atoms with E-state index in [4.69, 9.17) is 12.2 Å². The Kier molecular flexibility index (Phi) is 2.99. The Morgan fingerprint density at radius 2 is 2.18 bits per heavy atom. The standard InChI is InChI=1S/C10H7N3S4/c1-5-12-13-10(15-5)17-7-4-2-3-6-8(7)11-9(14)16-6/h2-4H,1H3,(H,11,14). The summed E-state index contributed by atoms with van der Waals surface area (Å²) in [6.07, 6.45) is 0. The van der Waals surface area contributed by atoms with E-state index < -0.39 is 0 Å². The van der Waals surface area contributed by atoms with E-state index >= 15 is 0 Å². The van der Waals surface area contributed by atoms with Crippen molar-refractivity contribution in [3.63, 3.8) is 0 Å². The number of nitrogens with zero attached hydrogens (tertiary/aromatic N) is 2.